The molecule has 2 amide bonds. The summed E-state index contributed by atoms with van der Waals surface area (Å²) in [6, 6.07) is 8.85. The molecule has 0 saturated heterocycles. The SMILES string of the molecule is Cc1nc(CN(C)C(=O)c2ccc(=O)n(C)c2)nc2c1CCC(=O)N2Cc1ccc(F)cc1. The fourth-order valence-electron chi connectivity index (χ4n) is 3.87. The van der Waals surface area contributed by atoms with Crippen LogP contribution < -0.4 is 10.5 Å². The summed E-state index contributed by atoms with van der Waals surface area (Å²) < 4.78 is 14.6. The van der Waals surface area contributed by atoms with Crippen molar-refractivity contribution >= 4 is 17.6 Å². The fourth-order valence-corrected chi connectivity index (χ4v) is 3.87. The minimum atomic E-state index is -0.337. The molecular weight excluding hydrogens is 425 g/mol. The van der Waals surface area contributed by atoms with Gasteiger partial charge in [-0.3, -0.25) is 19.3 Å². The maximum Gasteiger partial charge on any atom is 0.255 e. The molecule has 33 heavy (non-hydrogen) atoms. The van der Waals surface area contributed by atoms with Crippen molar-refractivity contribution in [2.24, 2.45) is 7.05 Å². The number of benzene rings is 1. The first kappa shape index (κ1) is 22.3. The Morgan fingerprint density at radius 3 is 2.52 bits per heavy atom. The van der Waals surface area contributed by atoms with Crippen molar-refractivity contribution in [1.29, 1.82) is 0 Å². The molecule has 0 fully saturated rings. The quantitative estimate of drug-likeness (QED) is 0.597. The van der Waals surface area contributed by atoms with E-state index in [1.807, 2.05) is 6.92 Å². The Kier molecular flexibility index (Phi) is 6.04. The minimum absolute atomic E-state index is 0.0643. The summed E-state index contributed by atoms with van der Waals surface area (Å²) in [5.74, 6) is 0.261. The first-order chi connectivity index (χ1) is 15.7. The van der Waals surface area contributed by atoms with E-state index in [9.17, 15) is 18.8 Å². The first-order valence-corrected chi connectivity index (χ1v) is 10.6. The molecule has 0 unspecified atom stereocenters. The molecule has 8 nitrogen and oxygen atoms in total. The lowest BCUT2D eigenvalue weighted by molar-refractivity contribution is -0.119. The van der Waals surface area contributed by atoms with Gasteiger partial charge in [-0.1, -0.05) is 12.1 Å². The number of aromatic nitrogens is 3. The number of carbonyl (C=O) groups is 2. The molecule has 1 aliphatic rings. The van der Waals surface area contributed by atoms with Gasteiger partial charge in [0.2, 0.25) is 11.5 Å². The van der Waals surface area contributed by atoms with Crippen LogP contribution in [0.5, 0.6) is 0 Å². The first-order valence-electron chi connectivity index (χ1n) is 10.6. The van der Waals surface area contributed by atoms with E-state index in [0.29, 0.717) is 30.0 Å². The van der Waals surface area contributed by atoms with Gasteiger partial charge in [0, 0.05) is 44.0 Å². The normalized spacial score (nSPS) is 13.1. The van der Waals surface area contributed by atoms with E-state index in [2.05, 4.69) is 9.97 Å². The number of carbonyl (C=O) groups excluding carboxylic acids is 2. The number of hydrogen-bond donors (Lipinski definition) is 0. The van der Waals surface area contributed by atoms with Gasteiger partial charge in [-0.2, -0.15) is 0 Å². The van der Waals surface area contributed by atoms with E-state index in [0.717, 1.165) is 16.8 Å². The van der Waals surface area contributed by atoms with E-state index < -0.39 is 0 Å². The summed E-state index contributed by atoms with van der Waals surface area (Å²) in [6.07, 6.45) is 2.39. The number of halogens is 1. The number of pyridine rings is 1. The number of fused-ring (bicyclic) bond motifs is 1. The van der Waals surface area contributed by atoms with Crippen LogP contribution in [0.3, 0.4) is 0 Å². The fraction of sp³-hybridized carbons (Fsp3) is 0.292. The van der Waals surface area contributed by atoms with Crippen LogP contribution >= 0.6 is 0 Å². The zero-order valence-electron chi connectivity index (χ0n) is 18.7. The van der Waals surface area contributed by atoms with Crippen LogP contribution in [0.2, 0.25) is 0 Å². The molecule has 2 aromatic heterocycles. The van der Waals surface area contributed by atoms with Gasteiger partial charge in [-0.25, -0.2) is 14.4 Å². The monoisotopic (exact) mass is 449 g/mol. The second-order valence-electron chi connectivity index (χ2n) is 8.16. The van der Waals surface area contributed by atoms with Crippen LogP contribution in [0.25, 0.3) is 0 Å². The van der Waals surface area contributed by atoms with Gasteiger partial charge in [-0.15, -0.1) is 0 Å². The maximum absolute atomic E-state index is 13.3. The molecule has 1 aliphatic heterocycles. The summed E-state index contributed by atoms with van der Waals surface area (Å²) in [7, 11) is 3.22. The average molecular weight is 449 g/mol. The highest BCUT2D eigenvalue weighted by Crippen LogP contribution is 2.29. The Hall–Kier alpha value is -3.88. The molecule has 0 spiro atoms. The molecule has 0 radical (unpaired) electrons. The van der Waals surface area contributed by atoms with E-state index in [4.69, 9.17) is 0 Å². The predicted molar refractivity (Wildman–Crippen MR) is 120 cm³/mol. The largest absolute Gasteiger partial charge is 0.334 e. The molecule has 4 rings (SSSR count). The van der Waals surface area contributed by atoms with Gasteiger partial charge in [0.05, 0.1) is 18.7 Å². The molecule has 0 aliphatic carbocycles. The molecule has 0 atom stereocenters. The minimum Gasteiger partial charge on any atom is -0.334 e. The third-order valence-electron chi connectivity index (χ3n) is 5.70. The summed E-state index contributed by atoms with van der Waals surface area (Å²) in [5.41, 5.74) is 2.62. The molecular formula is C24H24FN5O3. The third kappa shape index (κ3) is 4.67. The van der Waals surface area contributed by atoms with Gasteiger partial charge >= 0.3 is 0 Å². The van der Waals surface area contributed by atoms with Crippen LogP contribution in [0.1, 0.15) is 39.4 Å². The molecule has 1 aromatic carbocycles. The summed E-state index contributed by atoms with van der Waals surface area (Å²) in [5, 5.41) is 0. The van der Waals surface area contributed by atoms with Crippen molar-refractivity contribution in [2.75, 3.05) is 11.9 Å². The van der Waals surface area contributed by atoms with E-state index in [1.165, 1.54) is 39.9 Å². The van der Waals surface area contributed by atoms with Crippen molar-refractivity contribution in [3.63, 3.8) is 0 Å². The van der Waals surface area contributed by atoms with Gasteiger partial charge < -0.3 is 9.47 Å². The average Bonchev–Trinajstić information content (AvgIpc) is 2.78. The van der Waals surface area contributed by atoms with Crippen LogP contribution in [-0.2, 0) is 31.4 Å². The van der Waals surface area contributed by atoms with Gasteiger partial charge in [0.1, 0.15) is 17.5 Å². The Labute approximate surface area is 190 Å². The molecule has 0 bridgehead atoms. The number of aryl methyl sites for hydroxylation is 2. The Morgan fingerprint density at radius 2 is 1.82 bits per heavy atom. The highest BCUT2D eigenvalue weighted by atomic mass is 19.1. The van der Waals surface area contributed by atoms with Crippen molar-refractivity contribution in [3.05, 3.63) is 87.0 Å². The van der Waals surface area contributed by atoms with Crippen LogP contribution in [0.15, 0.2) is 47.4 Å². The molecule has 9 heteroatoms. The van der Waals surface area contributed by atoms with Crippen molar-refractivity contribution in [3.8, 4) is 0 Å². The molecule has 3 aromatic rings. The Balaban J connectivity index is 1.61. The van der Waals surface area contributed by atoms with E-state index >= 15 is 0 Å². The smallest absolute Gasteiger partial charge is 0.255 e. The number of anilines is 1. The van der Waals surface area contributed by atoms with Crippen molar-refractivity contribution < 1.29 is 14.0 Å². The zero-order chi connectivity index (χ0) is 23.7. The third-order valence-corrected chi connectivity index (χ3v) is 5.70. The van der Waals surface area contributed by atoms with E-state index in [-0.39, 0.29) is 36.3 Å². The predicted octanol–water partition coefficient (Wildman–Crippen LogP) is 2.37. The van der Waals surface area contributed by atoms with Gasteiger partial charge in [-0.05, 0) is 37.1 Å². The number of hydrogen-bond acceptors (Lipinski definition) is 5. The molecule has 3 heterocycles. The number of nitrogens with zero attached hydrogens (tertiary/aromatic N) is 5. The molecule has 0 saturated carbocycles. The lowest BCUT2D eigenvalue weighted by Crippen LogP contribution is -2.37. The highest BCUT2D eigenvalue weighted by Gasteiger charge is 2.28. The van der Waals surface area contributed by atoms with Crippen LogP contribution in [0.4, 0.5) is 10.2 Å². The summed E-state index contributed by atoms with van der Waals surface area (Å²) in [6.45, 7) is 2.27. The lowest BCUT2D eigenvalue weighted by atomic mass is 10.0. The van der Waals surface area contributed by atoms with Crippen molar-refractivity contribution in [1.82, 2.24) is 19.4 Å². The lowest BCUT2D eigenvalue weighted by Gasteiger charge is -2.30. The number of amides is 2. The highest BCUT2D eigenvalue weighted by molar-refractivity contribution is 5.95. The summed E-state index contributed by atoms with van der Waals surface area (Å²) >= 11 is 0. The van der Waals surface area contributed by atoms with Crippen LogP contribution in [0, 0.1) is 12.7 Å². The topological polar surface area (TPSA) is 88.4 Å². The number of rotatable bonds is 5. The van der Waals surface area contributed by atoms with Crippen molar-refractivity contribution in [2.45, 2.75) is 32.9 Å². The Morgan fingerprint density at radius 1 is 1.09 bits per heavy atom. The summed E-state index contributed by atoms with van der Waals surface area (Å²) in [4.78, 5) is 49.4. The maximum atomic E-state index is 13.3. The molecule has 0 N–H and O–H groups in total. The van der Waals surface area contributed by atoms with Gasteiger partial charge in [0.15, 0.2) is 0 Å². The zero-order valence-corrected chi connectivity index (χ0v) is 18.7. The Bertz CT molecular complexity index is 1290. The molecule has 170 valence electrons. The second-order valence-corrected chi connectivity index (χ2v) is 8.16. The van der Waals surface area contributed by atoms with Crippen LogP contribution in [-0.4, -0.2) is 38.3 Å². The van der Waals surface area contributed by atoms with Gasteiger partial charge in [0.25, 0.3) is 5.91 Å². The second kappa shape index (κ2) is 8.93. The van der Waals surface area contributed by atoms with E-state index in [1.54, 1.807) is 31.1 Å². The standard InChI is InChI=1S/C24H24FN5O3/c1-15-19-9-11-22(32)30(12-16-4-7-18(25)8-5-16)23(19)27-20(26-15)14-29(3)24(33)17-6-10-21(31)28(2)13-17/h4-8,10,13H,9,11-12,14H2,1-3H3.